The molecule has 3 aromatic rings. The van der Waals surface area contributed by atoms with Crippen LogP contribution >= 0.6 is 27.5 Å². The van der Waals surface area contributed by atoms with Gasteiger partial charge in [0, 0.05) is 16.1 Å². The van der Waals surface area contributed by atoms with E-state index in [-0.39, 0.29) is 0 Å². The smallest absolute Gasteiger partial charge is 0.271 e. The molecule has 8 heteroatoms. The van der Waals surface area contributed by atoms with E-state index in [2.05, 4.69) is 26.5 Å². The minimum atomic E-state index is -0.398. The van der Waals surface area contributed by atoms with Gasteiger partial charge in [-0.05, 0) is 59.3 Å². The van der Waals surface area contributed by atoms with Crippen molar-refractivity contribution in [3.05, 3.63) is 69.3 Å². The van der Waals surface area contributed by atoms with E-state index >= 15 is 0 Å². The maximum atomic E-state index is 12.4. The number of nitrogens with one attached hydrogen (secondary N) is 1. The van der Waals surface area contributed by atoms with E-state index in [0.29, 0.717) is 44.7 Å². The fourth-order valence-corrected chi connectivity index (χ4v) is 3.32. The fraction of sp³-hybridized carbons (Fsp3) is 0.143. The van der Waals surface area contributed by atoms with Gasteiger partial charge in [-0.15, -0.1) is 0 Å². The van der Waals surface area contributed by atoms with E-state index in [1.165, 1.54) is 13.3 Å². The number of hydrogen-bond acceptors (Lipinski definition) is 5. The third kappa shape index (κ3) is 5.19. The van der Waals surface area contributed by atoms with Crippen LogP contribution in [-0.4, -0.2) is 25.8 Å². The van der Waals surface area contributed by atoms with Crippen LogP contribution in [-0.2, 0) is 0 Å². The van der Waals surface area contributed by atoms with Gasteiger partial charge in [-0.25, -0.2) is 5.43 Å². The Morgan fingerprint density at radius 2 is 2.10 bits per heavy atom. The van der Waals surface area contributed by atoms with Crippen molar-refractivity contribution in [1.82, 2.24) is 5.43 Å². The van der Waals surface area contributed by atoms with Gasteiger partial charge in [0.25, 0.3) is 5.91 Å². The van der Waals surface area contributed by atoms with E-state index in [9.17, 15) is 4.79 Å². The number of rotatable bonds is 7. The van der Waals surface area contributed by atoms with Gasteiger partial charge in [-0.2, -0.15) is 5.10 Å². The maximum absolute atomic E-state index is 12.4. The third-order valence-corrected chi connectivity index (χ3v) is 4.70. The second-order valence-corrected chi connectivity index (χ2v) is 7.12. The molecule has 1 amide bonds. The lowest BCUT2D eigenvalue weighted by molar-refractivity contribution is 0.0954. The van der Waals surface area contributed by atoms with Gasteiger partial charge < -0.3 is 13.9 Å². The number of benzene rings is 2. The normalized spacial score (nSPS) is 10.9. The fourth-order valence-electron chi connectivity index (χ4n) is 2.57. The molecular formula is C21H18BrClN2O4. The highest BCUT2D eigenvalue weighted by Gasteiger charge is 2.15. The van der Waals surface area contributed by atoms with Crippen molar-refractivity contribution < 1.29 is 18.7 Å². The maximum Gasteiger partial charge on any atom is 0.271 e. The summed E-state index contributed by atoms with van der Waals surface area (Å²) < 4.78 is 17.1. The molecule has 0 fully saturated rings. The number of halogens is 2. The lowest BCUT2D eigenvalue weighted by Crippen LogP contribution is -2.17. The molecule has 0 atom stereocenters. The average molecular weight is 478 g/mol. The van der Waals surface area contributed by atoms with Crippen LogP contribution in [0, 0.1) is 0 Å². The van der Waals surface area contributed by atoms with Crippen molar-refractivity contribution in [2.45, 2.75) is 6.92 Å². The van der Waals surface area contributed by atoms with E-state index in [4.69, 9.17) is 25.5 Å². The van der Waals surface area contributed by atoms with Crippen LogP contribution in [0.25, 0.3) is 11.3 Å². The number of ether oxygens (including phenoxy) is 2. The molecule has 3 rings (SSSR count). The highest BCUT2D eigenvalue weighted by molar-refractivity contribution is 9.10. The first kappa shape index (κ1) is 21.0. The summed E-state index contributed by atoms with van der Waals surface area (Å²) in [6.45, 7) is 2.35. The molecule has 0 spiro atoms. The molecule has 150 valence electrons. The summed E-state index contributed by atoms with van der Waals surface area (Å²) >= 11 is 9.40. The minimum absolute atomic E-state index is 0.369. The zero-order valence-electron chi connectivity index (χ0n) is 15.7. The van der Waals surface area contributed by atoms with Crippen molar-refractivity contribution >= 4 is 39.7 Å². The summed E-state index contributed by atoms with van der Waals surface area (Å²) in [5.41, 5.74) is 3.69. The Morgan fingerprint density at radius 1 is 1.28 bits per heavy atom. The third-order valence-electron chi connectivity index (χ3n) is 3.87. The summed E-state index contributed by atoms with van der Waals surface area (Å²) in [5, 5.41) is 4.58. The summed E-state index contributed by atoms with van der Waals surface area (Å²) in [4.78, 5) is 12.4. The molecular weight excluding hydrogens is 460 g/mol. The molecule has 0 saturated heterocycles. The van der Waals surface area contributed by atoms with Gasteiger partial charge in [-0.1, -0.05) is 23.7 Å². The zero-order chi connectivity index (χ0) is 20.8. The van der Waals surface area contributed by atoms with E-state index in [1.807, 2.05) is 25.1 Å². The number of nitrogens with zero attached hydrogens (tertiary/aromatic N) is 1. The predicted octanol–water partition coefficient (Wildman–Crippen LogP) is 5.53. The summed E-state index contributed by atoms with van der Waals surface area (Å²) in [7, 11) is 1.51. The Hall–Kier alpha value is -2.77. The van der Waals surface area contributed by atoms with Gasteiger partial charge in [-0.3, -0.25) is 4.79 Å². The second kappa shape index (κ2) is 9.62. The first-order valence-corrected chi connectivity index (χ1v) is 9.88. The molecule has 1 aromatic heterocycles. The SMILES string of the molecule is CCOc1c(Br)cc(C(=O)N/N=C\c2ccc(-c3cccc(Cl)c3)o2)cc1OC. The molecule has 2 aromatic carbocycles. The van der Waals surface area contributed by atoms with E-state index in [0.717, 1.165) is 5.56 Å². The molecule has 0 aliphatic rings. The molecule has 1 heterocycles. The van der Waals surface area contributed by atoms with E-state index < -0.39 is 5.91 Å². The highest BCUT2D eigenvalue weighted by Crippen LogP contribution is 2.36. The molecule has 29 heavy (non-hydrogen) atoms. The number of hydrogen-bond donors (Lipinski definition) is 1. The number of carbonyl (C=O) groups is 1. The molecule has 0 saturated carbocycles. The molecule has 0 radical (unpaired) electrons. The molecule has 1 N–H and O–H groups in total. The number of amides is 1. The quantitative estimate of drug-likeness (QED) is 0.358. The van der Waals surface area contributed by atoms with Gasteiger partial charge in [0.1, 0.15) is 11.5 Å². The summed E-state index contributed by atoms with van der Waals surface area (Å²) in [5.74, 6) is 1.74. The minimum Gasteiger partial charge on any atom is -0.493 e. The number of hydrazone groups is 1. The standard InChI is InChI=1S/C21H18BrClN2O4/c1-3-28-20-17(22)10-14(11-19(20)27-2)21(26)25-24-12-16-7-8-18(29-16)13-5-4-6-15(23)9-13/h4-12H,3H2,1-2H3,(H,25,26)/b24-12-. The zero-order valence-corrected chi connectivity index (χ0v) is 18.1. The lowest BCUT2D eigenvalue weighted by Gasteiger charge is -2.12. The Balaban J connectivity index is 1.69. The van der Waals surface area contributed by atoms with Gasteiger partial charge in [0.15, 0.2) is 11.5 Å². The monoisotopic (exact) mass is 476 g/mol. The molecule has 0 bridgehead atoms. The summed E-state index contributed by atoms with van der Waals surface area (Å²) in [6, 6.07) is 14.1. The largest absolute Gasteiger partial charge is 0.493 e. The van der Waals surface area contributed by atoms with Crippen LogP contribution in [0.4, 0.5) is 0 Å². The highest BCUT2D eigenvalue weighted by atomic mass is 79.9. The van der Waals surface area contributed by atoms with Crippen LogP contribution in [0.3, 0.4) is 0 Å². The lowest BCUT2D eigenvalue weighted by atomic mass is 10.2. The Morgan fingerprint density at radius 3 is 2.83 bits per heavy atom. The predicted molar refractivity (Wildman–Crippen MR) is 116 cm³/mol. The molecule has 0 unspecified atom stereocenters. The van der Waals surface area contributed by atoms with Crippen LogP contribution < -0.4 is 14.9 Å². The second-order valence-electron chi connectivity index (χ2n) is 5.83. The van der Waals surface area contributed by atoms with Gasteiger partial charge in [0.05, 0.1) is 24.4 Å². The van der Waals surface area contributed by atoms with Crippen molar-refractivity contribution in [2.75, 3.05) is 13.7 Å². The van der Waals surface area contributed by atoms with E-state index in [1.54, 1.807) is 30.3 Å². The van der Waals surface area contributed by atoms with Crippen LogP contribution in [0.5, 0.6) is 11.5 Å². The Bertz CT molecular complexity index is 1050. The van der Waals surface area contributed by atoms with Crippen LogP contribution in [0.2, 0.25) is 5.02 Å². The summed E-state index contributed by atoms with van der Waals surface area (Å²) in [6.07, 6.45) is 1.42. The first-order valence-electron chi connectivity index (χ1n) is 8.71. The molecule has 0 aliphatic carbocycles. The number of carbonyl (C=O) groups excluding carboxylic acids is 1. The molecule has 6 nitrogen and oxygen atoms in total. The first-order chi connectivity index (χ1) is 14.0. The van der Waals surface area contributed by atoms with Crippen LogP contribution in [0.15, 0.2) is 62.5 Å². The number of furan rings is 1. The van der Waals surface area contributed by atoms with Crippen molar-refractivity contribution in [1.29, 1.82) is 0 Å². The average Bonchev–Trinajstić information content (AvgIpc) is 3.18. The van der Waals surface area contributed by atoms with Crippen molar-refractivity contribution in [3.8, 4) is 22.8 Å². The Labute approximate surface area is 181 Å². The van der Waals surface area contributed by atoms with Crippen LogP contribution in [0.1, 0.15) is 23.0 Å². The molecule has 0 aliphatic heterocycles. The van der Waals surface area contributed by atoms with Gasteiger partial charge >= 0.3 is 0 Å². The van der Waals surface area contributed by atoms with Gasteiger partial charge in [0.2, 0.25) is 0 Å². The van der Waals surface area contributed by atoms with Crippen molar-refractivity contribution in [2.24, 2.45) is 5.10 Å². The van der Waals surface area contributed by atoms with Crippen molar-refractivity contribution in [3.63, 3.8) is 0 Å². The topological polar surface area (TPSA) is 73.1 Å². The Kier molecular flexibility index (Phi) is 6.95. The number of methoxy groups -OCH3 is 1.